The second-order valence-corrected chi connectivity index (χ2v) is 4.76. The van der Waals surface area contributed by atoms with Gasteiger partial charge in [-0.3, -0.25) is 9.59 Å². The molecule has 1 aromatic rings. The zero-order valence-corrected chi connectivity index (χ0v) is 9.80. The number of aryl methyl sites for hydroxylation is 1. The molecule has 0 aromatic heterocycles. The lowest BCUT2D eigenvalue weighted by atomic mass is 10.1. The van der Waals surface area contributed by atoms with Crippen molar-refractivity contribution in [2.75, 3.05) is 12.4 Å². The molecule has 0 amide bonds. The third kappa shape index (κ3) is 2.44. The van der Waals surface area contributed by atoms with Crippen LogP contribution in [0.3, 0.4) is 0 Å². The Labute approximate surface area is 98.2 Å². The summed E-state index contributed by atoms with van der Waals surface area (Å²) in [7, 11) is 0. The van der Waals surface area contributed by atoms with Gasteiger partial charge in [0.2, 0.25) is 0 Å². The van der Waals surface area contributed by atoms with E-state index in [-0.39, 0.29) is 12.4 Å². The average molecular weight is 236 g/mol. The van der Waals surface area contributed by atoms with Gasteiger partial charge in [-0.2, -0.15) is 0 Å². The molecule has 3 nitrogen and oxygen atoms in total. The van der Waals surface area contributed by atoms with Gasteiger partial charge in [-0.05, 0) is 24.1 Å². The molecule has 0 bridgehead atoms. The van der Waals surface area contributed by atoms with Crippen LogP contribution in [0.4, 0.5) is 0 Å². The van der Waals surface area contributed by atoms with Crippen LogP contribution < -0.4 is 0 Å². The van der Waals surface area contributed by atoms with Crippen LogP contribution in [0.1, 0.15) is 22.8 Å². The van der Waals surface area contributed by atoms with Crippen LogP contribution in [0.5, 0.6) is 0 Å². The van der Waals surface area contributed by atoms with Crippen molar-refractivity contribution < 1.29 is 14.3 Å². The molecule has 84 valence electrons. The largest absolute Gasteiger partial charge is 0.457 e. The standard InChI is InChI=1S/C12H12O3S/c1-8(13)15-7-11(14)9-2-3-12-10(6-9)4-5-16-12/h2-3,6H,4-5,7H2,1H3. The maximum Gasteiger partial charge on any atom is 0.303 e. The van der Waals surface area contributed by atoms with Gasteiger partial charge in [-0.25, -0.2) is 0 Å². The molecule has 0 radical (unpaired) electrons. The molecule has 1 aromatic carbocycles. The normalized spacial score (nSPS) is 13.3. The highest BCUT2D eigenvalue weighted by Gasteiger charge is 2.14. The molecule has 4 heteroatoms. The van der Waals surface area contributed by atoms with Gasteiger partial charge in [-0.1, -0.05) is 6.07 Å². The van der Waals surface area contributed by atoms with Gasteiger partial charge in [0.25, 0.3) is 0 Å². The van der Waals surface area contributed by atoms with Crippen LogP contribution in [-0.2, 0) is 16.0 Å². The maximum absolute atomic E-state index is 11.7. The minimum absolute atomic E-state index is 0.144. The van der Waals surface area contributed by atoms with Gasteiger partial charge in [0.05, 0.1) is 0 Å². The number of thioether (sulfide) groups is 1. The molecule has 0 spiro atoms. The number of ether oxygens (including phenoxy) is 1. The molecule has 16 heavy (non-hydrogen) atoms. The molecule has 0 atom stereocenters. The number of carbonyl (C=O) groups is 2. The average Bonchev–Trinajstić information content (AvgIpc) is 2.72. The first-order valence-corrected chi connectivity index (χ1v) is 6.07. The maximum atomic E-state index is 11.7. The van der Waals surface area contributed by atoms with Gasteiger partial charge >= 0.3 is 5.97 Å². The summed E-state index contributed by atoms with van der Waals surface area (Å²) < 4.78 is 4.68. The van der Waals surface area contributed by atoms with E-state index in [1.54, 1.807) is 6.07 Å². The number of fused-ring (bicyclic) bond motifs is 1. The highest BCUT2D eigenvalue weighted by atomic mass is 32.2. The van der Waals surface area contributed by atoms with E-state index in [9.17, 15) is 9.59 Å². The van der Waals surface area contributed by atoms with Gasteiger partial charge < -0.3 is 4.74 Å². The first kappa shape index (κ1) is 11.2. The Hall–Kier alpha value is -1.29. The van der Waals surface area contributed by atoms with Crippen molar-refractivity contribution in [2.45, 2.75) is 18.2 Å². The number of hydrogen-bond donors (Lipinski definition) is 0. The highest BCUT2D eigenvalue weighted by Crippen LogP contribution is 2.31. The third-order valence-corrected chi connectivity index (χ3v) is 3.54. The van der Waals surface area contributed by atoms with E-state index in [0.717, 1.165) is 12.2 Å². The minimum atomic E-state index is -0.426. The first-order chi connectivity index (χ1) is 7.66. The first-order valence-electron chi connectivity index (χ1n) is 5.09. The van der Waals surface area contributed by atoms with E-state index in [0.29, 0.717) is 5.56 Å². The number of Topliss-reactive ketones (excluding diaryl/α,β-unsaturated/α-hetero) is 1. The van der Waals surface area contributed by atoms with Crippen molar-refractivity contribution in [3.63, 3.8) is 0 Å². The van der Waals surface area contributed by atoms with Crippen molar-refractivity contribution in [1.82, 2.24) is 0 Å². The summed E-state index contributed by atoms with van der Waals surface area (Å²) in [6.07, 6.45) is 1.01. The summed E-state index contributed by atoms with van der Waals surface area (Å²) in [6.45, 7) is 1.13. The lowest BCUT2D eigenvalue weighted by Crippen LogP contribution is -2.12. The fourth-order valence-corrected chi connectivity index (χ4v) is 2.66. The summed E-state index contributed by atoms with van der Waals surface area (Å²) >= 11 is 1.81. The Balaban J connectivity index is 2.09. The number of benzene rings is 1. The molecule has 0 fully saturated rings. The summed E-state index contributed by atoms with van der Waals surface area (Å²) in [5, 5.41) is 0. The van der Waals surface area contributed by atoms with Gasteiger partial charge in [-0.15, -0.1) is 11.8 Å². The summed E-state index contributed by atoms with van der Waals surface area (Å²) in [5.41, 5.74) is 1.85. The Morgan fingerprint density at radius 3 is 3.00 bits per heavy atom. The smallest absolute Gasteiger partial charge is 0.303 e. The molecule has 0 N–H and O–H groups in total. The van der Waals surface area contributed by atoms with E-state index in [1.165, 1.54) is 17.4 Å². The number of ketones is 1. The molecule has 1 heterocycles. The summed E-state index contributed by atoms with van der Waals surface area (Å²) in [4.78, 5) is 23.5. The van der Waals surface area contributed by atoms with Crippen LogP contribution in [0.2, 0.25) is 0 Å². The highest BCUT2D eigenvalue weighted by molar-refractivity contribution is 7.99. The minimum Gasteiger partial charge on any atom is -0.457 e. The Morgan fingerprint density at radius 1 is 1.44 bits per heavy atom. The molecule has 1 aliphatic heterocycles. The monoisotopic (exact) mass is 236 g/mol. The summed E-state index contributed by atoms with van der Waals surface area (Å²) in [6, 6.07) is 5.66. The topological polar surface area (TPSA) is 43.4 Å². The second-order valence-electron chi connectivity index (χ2n) is 3.62. The molecular weight excluding hydrogens is 224 g/mol. The number of esters is 1. The van der Waals surface area contributed by atoms with Crippen molar-refractivity contribution >= 4 is 23.5 Å². The fourth-order valence-electron chi connectivity index (χ4n) is 1.61. The van der Waals surface area contributed by atoms with Crippen molar-refractivity contribution in [2.24, 2.45) is 0 Å². The van der Waals surface area contributed by atoms with Gasteiger partial charge in [0.1, 0.15) is 0 Å². The molecule has 0 saturated heterocycles. The van der Waals surface area contributed by atoms with Gasteiger partial charge in [0, 0.05) is 23.1 Å². The lowest BCUT2D eigenvalue weighted by Gasteiger charge is -2.04. The number of carbonyl (C=O) groups excluding carboxylic acids is 2. The fraction of sp³-hybridized carbons (Fsp3) is 0.333. The zero-order chi connectivity index (χ0) is 11.5. The zero-order valence-electron chi connectivity index (χ0n) is 8.99. The van der Waals surface area contributed by atoms with E-state index in [2.05, 4.69) is 4.74 Å². The lowest BCUT2D eigenvalue weighted by molar-refractivity contribution is -0.139. The van der Waals surface area contributed by atoms with E-state index < -0.39 is 5.97 Å². The SMILES string of the molecule is CC(=O)OCC(=O)c1ccc2c(c1)CCS2. The third-order valence-electron chi connectivity index (χ3n) is 2.42. The molecule has 2 rings (SSSR count). The molecular formula is C12H12O3S. The molecule has 0 saturated carbocycles. The van der Waals surface area contributed by atoms with Gasteiger partial charge in [0.15, 0.2) is 12.4 Å². The van der Waals surface area contributed by atoms with E-state index >= 15 is 0 Å². The number of hydrogen-bond acceptors (Lipinski definition) is 4. The predicted molar refractivity (Wildman–Crippen MR) is 61.8 cm³/mol. The second kappa shape index (κ2) is 4.70. The van der Waals surface area contributed by atoms with E-state index in [4.69, 9.17) is 0 Å². The molecule has 0 unspecified atom stereocenters. The molecule has 1 aliphatic rings. The predicted octanol–water partition coefficient (Wildman–Crippen LogP) is 2.08. The van der Waals surface area contributed by atoms with Crippen molar-refractivity contribution in [3.05, 3.63) is 29.3 Å². The Bertz CT molecular complexity index is 440. The quantitative estimate of drug-likeness (QED) is 0.595. The van der Waals surface area contributed by atoms with Crippen molar-refractivity contribution in [3.8, 4) is 0 Å². The number of rotatable bonds is 3. The van der Waals surface area contributed by atoms with Crippen LogP contribution in [0.25, 0.3) is 0 Å². The van der Waals surface area contributed by atoms with Crippen molar-refractivity contribution in [1.29, 1.82) is 0 Å². The van der Waals surface area contributed by atoms with Crippen LogP contribution in [-0.4, -0.2) is 24.1 Å². The van der Waals surface area contributed by atoms with Crippen LogP contribution in [0.15, 0.2) is 23.1 Å². The molecule has 0 aliphatic carbocycles. The van der Waals surface area contributed by atoms with Crippen LogP contribution >= 0.6 is 11.8 Å². The Morgan fingerprint density at radius 2 is 2.25 bits per heavy atom. The van der Waals surface area contributed by atoms with E-state index in [1.807, 2.05) is 23.9 Å². The summed E-state index contributed by atoms with van der Waals surface area (Å²) in [5.74, 6) is 0.511. The van der Waals surface area contributed by atoms with Crippen LogP contribution in [0, 0.1) is 0 Å². The Kier molecular flexibility index (Phi) is 3.29.